The minimum Gasteiger partial charge on any atom is -0.493 e. The smallest absolute Gasteiger partial charge is 0.229 e. The first kappa shape index (κ1) is 21.0. The molecular formula is C23H23F2N3O3. The standard InChI is InChI=1S/C23H23F2N3O3/c1-23(13-30-14-23)15-31-18-5-2-16(3-6-18)11-22(29)26-21-8-9-28(27-21)12-17-4-7-19(24)20(25)10-17/h2-10H,11-15H2,1H3,(H,26,27,29). The molecule has 3 aromatic rings. The molecular weight excluding hydrogens is 404 g/mol. The zero-order valence-electron chi connectivity index (χ0n) is 17.1. The summed E-state index contributed by atoms with van der Waals surface area (Å²) < 4.78 is 38.9. The Labute approximate surface area is 178 Å². The maximum absolute atomic E-state index is 13.3. The first-order chi connectivity index (χ1) is 14.9. The van der Waals surface area contributed by atoms with Crippen molar-refractivity contribution in [1.29, 1.82) is 0 Å². The van der Waals surface area contributed by atoms with Crippen molar-refractivity contribution >= 4 is 11.7 Å². The van der Waals surface area contributed by atoms with Gasteiger partial charge in [-0.1, -0.05) is 25.1 Å². The summed E-state index contributed by atoms with van der Waals surface area (Å²) >= 11 is 0. The molecule has 31 heavy (non-hydrogen) atoms. The number of nitrogens with zero attached hydrogens (tertiary/aromatic N) is 2. The first-order valence-corrected chi connectivity index (χ1v) is 9.95. The highest BCUT2D eigenvalue weighted by molar-refractivity contribution is 5.91. The SMILES string of the molecule is CC1(COc2ccc(CC(=O)Nc3ccn(Cc4ccc(F)c(F)c4)n3)cc2)COC1. The van der Waals surface area contributed by atoms with Crippen LogP contribution in [0.4, 0.5) is 14.6 Å². The van der Waals surface area contributed by atoms with Gasteiger partial charge in [-0.3, -0.25) is 9.48 Å². The van der Waals surface area contributed by atoms with Gasteiger partial charge in [0.25, 0.3) is 0 Å². The van der Waals surface area contributed by atoms with E-state index in [-0.39, 0.29) is 24.3 Å². The van der Waals surface area contributed by atoms with Gasteiger partial charge >= 0.3 is 0 Å². The van der Waals surface area contributed by atoms with Crippen LogP contribution in [0.2, 0.25) is 0 Å². The predicted molar refractivity (Wildman–Crippen MR) is 111 cm³/mol. The van der Waals surface area contributed by atoms with Gasteiger partial charge in [0.2, 0.25) is 5.91 Å². The van der Waals surface area contributed by atoms with E-state index in [1.54, 1.807) is 16.9 Å². The number of halogens is 2. The molecule has 1 fully saturated rings. The lowest BCUT2D eigenvalue weighted by Gasteiger charge is -2.37. The molecule has 2 heterocycles. The lowest BCUT2D eigenvalue weighted by Crippen LogP contribution is -2.44. The van der Waals surface area contributed by atoms with Crippen LogP contribution in [-0.2, 0) is 22.5 Å². The van der Waals surface area contributed by atoms with Crippen molar-refractivity contribution in [3.05, 3.63) is 77.5 Å². The van der Waals surface area contributed by atoms with E-state index >= 15 is 0 Å². The first-order valence-electron chi connectivity index (χ1n) is 9.95. The van der Waals surface area contributed by atoms with Crippen LogP contribution in [0.5, 0.6) is 5.75 Å². The molecule has 2 aromatic carbocycles. The van der Waals surface area contributed by atoms with Crippen molar-refractivity contribution in [2.24, 2.45) is 5.41 Å². The molecule has 4 rings (SSSR count). The molecule has 1 aliphatic rings. The highest BCUT2D eigenvalue weighted by Gasteiger charge is 2.34. The molecule has 0 bridgehead atoms. The normalized spacial score (nSPS) is 14.7. The van der Waals surface area contributed by atoms with Crippen molar-refractivity contribution in [3.63, 3.8) is 0 Å². The third kappa shape index (κ3) is 5.46. The Balaban J connectivity index is 1.27. The summed E-state index contributed by atoms with van der Waals surface area (Å²) in [4.78, 5) is 12.3. The number of carbonyl (C=O) groups is 1. The topological polar surface area (TPSA) is 65.4 Å². The van der Waals surface area contributed by atoms with Crippen molar-refractivity contribution in [3.8, 4) is 5.75 Å². The summed E-state index contributed by atoms with van der Waals surface area (Å²) in [6.07, 6.45) is 1.86. The molecule has 6 nitrogen and oxygen atoms in total. The Kier molecular flexibility index (Phi) is 5.99. The quantitative estimate of drug-likeness (QED) is 0.594. The van der Waals surface area contributed by atoms with Crippen LogP contribution in [0.1, 0.15) is 18.1 Å². The summed E-state index contributed by atoms with van der Waals surface area (Å²) in [6, 6.07) is 12.8. The van der Waals surface area contributed by atoms with Gasteiger partial charge < -0.3 is 14.8 Å². The molecule has 8 heteroatoms. The Morgan fingerprint density at radius 1 is 1.13 bits per heavy atom. The number of nitrogens with one attached hydrogen (secondary N) is 1. The fourth-order valence-corrected chi connectivity index (χ4v) is 3.21. The summed E-state index contributed by atoms with van der Waals surface area (Å²) in [5.74, 6) is -0.845. The van der Waals surface area contributed by atoms with E-state index < -0.39 is 11.6 Å². The van der Waals surface area contributed by atoms with Crippen molar-refractivity contribution in [1.82, 2.24) is 9.78 Å². The van der Waals surface area contributed by atoms with Gasteiger partial charge in [0, 0.05) is 17.7 Å². The molecule has 1 aromatic heterocycles. The van der Waals surface area contributed by atoms with Gasteiger partial charge in [-0.15, -0.1) is 0 Å². The summed E-state index contributed by atoms with van der Waals surface area (Å²) in [7, 11) is 0. The third-order valence-electron chi connectivity index (χ3n) is 5.01. The summed E-state index contributed by atoms with van der Waals surface area (Å²) in [6.45, 7) is 4.40. The zero-order chi connectivity index (χ0) is 21.8. The van der Waals surface area contributed by atoms with Crippen LogP contribution in [0.15, 0.2) is 54.7 Å². The van der Waals surface area contributed by atoms with Gasteiger partial charge in [0.05, 0.1) is 32.8 Å². The monoisotopic (exact) mass is 427 g/mol. The Hall–Kier alpha value is -3.26. The average Bonchev–Trinajstić information content (AvgIpc) is 3.15. The predicted octanol–water partition coefficient (Wildman–Crippen LogP) is 3.81. The van der Waals surface area contributed by atoms with Crippen LogP contribution in [0.25, 0.3) is 0 Å². The molecule has 1 aliphatic heterocycles. The third-order valence-corrected chi connectivity index (χ3v) is 5.01. The van der Waals surface area contributed by atoms with E-state index in [0.29, 0.717) is 31.2 Å². The Bertz CT molecular complexity index is 1060. The molecule has 1 N–H and O–H groups in total. The lowest BCUT2D eigenvalue weighted by molar-refractivity contribution is -0.120. The number of anilines is 1. The molecule has 0 aliphatic carbocycles. The lowest BCUT2D eigenvalue weighted by atomic mass is 9.90. The van der Waals surface area contributed by atoms with E-state index in [1.165, 1.54) is 6.07 Å². The van der Waals surface area contributed by atoms with E-state index in [1.807, 2.05) is 24.3 Å². The Morgan fingerprint density at radius 3 is 2.55 bits per heavy atom. The minimum absolute atomic E-state index is 0.0762. The summed E-state index contributed by atoms with van der Waals surface area (Å²) in [5, 5.41) is 6.99. The fourth-order valence-electron chi connectivity index (χ4n) is 3.21. The van der Waals surface area contributed by atoms with Crippen LogP contribution in [0, 0.1) is 17.0 Å². The van der Waals surface area contributed by atoms with E-state index in [4.69, 9.17) is 9.47 Å². The molecule has 0 radical (unpaired) electrons. The number of amides is 1. The fraction of sp³-hybridized carbons (Fsp3) is 0.304. The van der Waals surface area contributed by atoms with Gasteiger partial charge in [-0.05, 0) is 35.4 Å². The second-order valence-corrected chi connectivity index (χ2v) is 8.11. The highest BCUT2D eigenvalue weighted by Crippen LogP contribution is 2.27. The minimum atomic E-state index is -0.902. The van der Waals surface area contributed by atoms with Crippen molar-refractivity contribution < 1.29 is 23.0 Å². The van der Waals surface area contributed by atoms with Crippen LogP contribution < -0.4 is 10.1 Å². The number of aromatic nitrogens is 2. The molecule has 0 atom stereocenters. The molecule has 1 amide bonds. The number of hydrogen-bond donors (Lipinski definition) is 1. The van der Waals surface area contributed by atoms with E-state index in [9.17, 15) is 13.6 Å². The highest BCUT2D eigenvalue weighted by atomic mass is 19.2. The Morgan fingerprint density at radius 2 is 1.87 bits per heavy atom. The van der Waals surface area contributed by atoms with Crippen LogP contribution >= 0.6 is 0 Å². The van der Waals surface area contributed by atoms with E-state index in [2.05, 4.69) is 17.3 Å². The van der Waals surface area contributed by atoms with Crippen LogP contribution in [-0.4, -0.2) is 35.5 Å². The van der Waals surface area contributed by atoms with Gasteiger partial charge in [-0.2, -0.15) is 5.10 Å². The zero-order valence-corrected chi connectivity index (χ0v) is 17.1. The van der Waals surface area contributed by atoms with E-state index in [0.717, 1.165) is 23.4 Å². The number of benzene rings is 2. The van der Waals surface area contributed by atoms with Gasteiger partial charge in [0.1, 0.15) is 5.75 Å². The summed E-state index contributed by atoms with van der Waals surface area (Å²) in [5.41, 5.74) is 1.50. The average molecular weight is 427 g/mol. The van der Waals surface area contributed by atoms with Gasteiger partial charge in [-0.25, -0.2) is 8.78 Å². The number of carbonyl (C=O) groups excluding carboxylic acids is 1. The van der Waals surface area contributed by atoms with Crippen LogP contribution in [0.3, 0.4) is 0 Å². The molecule has 0 saturated carbocycles. The van der Waals surface area contributed by atoms with Crippen molar-refractivity contribution in [2.75, 3.05) is 25.1 Å². The second kappa shape index (κ2) is 8.85. The number of ether oxygens (including phenoxy) is 2. The molecule has 1 saturated heterocycles. The molecule has 162 valence electrons. The largest absolute Gasteiger partial charge is 0.493 e. The second-order valence-electron chi connectivity index (χ2n) is 8.11. The molecule has 0 spiro atoms. The number of hydrogen-bond acceptors (Lipinski definition) is 4. The maximum atomic E-state index is 13.3. The number of rotatable bonds is 8. The maximum Gasteiger partial charge on any atom is 0.229 e. The van der Waals surface area contributed by atoms with Gasteiger partial charge in [0.15, 0.2) is 17.5 Å². The molecule has 0 unspecified atom stereocenters. The van der Waals surface area contributed by atoms with Crippen molar-refractivity contribution in [2.45, 2.75) is 19.9 Å².